The molecule has 12 heavy (non-hydrogen) atoms. The van der Waals surface area contributed by atoms with Crippen LogP contribution in [0.4, 0.5) is 0 Å². The molecule has 0 aliphatic carbocycles. The summed E-state index contributed by atoms with van der Waals surface area (Å²) in [6.45, 7) is 2.61. The van der Waals surface area contributed by atoms with Gasteiger partial charge < -0.3 is 4.74 Å². The van der Waals surface area contributed by atoms with Crippen molar-refractivity contribution in [3.8, 4) is 0 Å². The van der Waals surface area contributed by atoms with Crippen LogP contribution in [-0.2, 0) is 9.53 Å². The first kappa shape index (κ1) is 12.5. The molecule has 72 valence electrons. The van der Waals surface area contributed by atoms with E-state index in [9.17, 15) is 4.79 Å². The minimum Gasteiger partial charge on any atom is -0.466 e. The van der Waals surface area contributed by atoms with Gasteiger partial charge in [-0.15, -0.1) is 11.6 Å². The molecule has 0 radical (unpaired) electrons. The van der Waals surface area contributed by atoms with Crippen LogP contribution in [0.3, 0.4) is 0 Å². The van der Waals surface area contributed by atoms with E-state index in [1.807, 2.05) is 0 Å². The third-order valence-electron chi connectivity index (χ3n) is 1.32. The summed E-state index contributed by atoms with van der Waals surface area (Å²) in [4.78, 5) is 11.0. The van der Waals surface area contributed by atoms with Gasteiger partial charge in [0.1, 0.15) is 0 Å². The standard InChI is InChI=1S/C8H14ClIO2/c1-2-3-4-12-8(11)5-7(10)6-9/h7H,2-6H2,1H3. The fraction of sp³-hybridized carbons (Fsp3) is 0.875. The van der Waals surface area contributed by atoms with Crippen molar-refractivity contribution in [1.29, 1.82) is 0 Å². The fourth-order valence-corrected chi connectivity index (χ4v) is 1.09. The molecule has 0 spiro atoms. The van der Waals surface area contributed by atoms with Crippen molar-refractivity contribution in [2.24, 2.45) is 0 Å². The molecule has 0 aliphatic rings. The molecule has 1 unspecified atom stereocenters. The van der Waals surface area contributed by atoms with Crippen LogP contribution in [0.5, 0.6) is 0 Å². The zero-order valence-electron chi connectivity index (χ0n) is 7.19. The maximum Gasteiger partial charge on any atom is 0.306 e. The van der Waals surface area contributed by atoms with E-state index in [2.05, 4.69) is 29.5 Å². The lowest BCUT2D eigenvalue weighted by atomic mass is 10.3. The smallest absolute Gasteiger partial charge is 0.306 e. The third-order valence-corrected chi connectivity index (χ3v) is 3.09. The monoisotopic (exact) mass is 304 g/mol. The number of carbonyl (C=O) groups excluding carboxylic acids is 1. The summed E-state index contributed by atoms with van der Waals surface area (Å²) in [7, 11) is 0. The van der Waals surface area contributed by atoms with Gasteiger partial charge in [0.15, 0.2) is 0 Å². The first-order valence-electron chi connectivity index (χ1n) is 4.06. The molecule has 0 amide bonds. The van der Waals surface area contributed by atoms with Gasteiger partial charge in [-0.05, 0) is 6.42 Å². The van der Waals surface area contributed by atoms with Crippen molar-refractivity contribution in [2.75, 3.05) is 12.5 Å². The highest BCUT2D eigenvalue weighted by atomic mass is 127. The van der Waals surface area contributed by atoms with Gasteiger partial charge in [-0.1, -0.05) is 35.9 Å². The zero-order valence-corrected chi connectivity index (χ0v) is 10.1. The second kappa shape index (κ2) is 8.10. The van der Waals surface area contributed by atoms with Crippen molar-refractivity contribution in [3.63, 3.8) is 0 Å². The molecule has 0 aromatic heterocycles. The molecule has 0 heterocycles. The van der Waals surface area contributed by atoms with Gasteiger partial charge in [-0.2, -0.15) is 0 Å². The van der Waals surface area contributed by atoms with Crippen LogP contribution in [0.2, 0.25) is 0 Å². The SMILES string of the molecule is CCCCOC(=O)CC(I)CCl. The van der Waals surface area contributed by atoms with E-state index in [1.165, 1.54) is 0 Å². The highest BCUT2D eigenvalue weighted by Gasteiger charge is 2.09. The van der Waals surface area contributed by atoms with Gasteiger partial charge in [0, 0.05) is 9.80 Å². The van der Waals surface area contributed by atoms with E-state index >= 15 is 0 Å². The quantitative estimate of drug-likeness (QED) is 0.326. The zero-order chi connectivity index (χ0) is 9.40. The predicted molar refractivity (Wildman–Crippen MR) is 59.0 cm³/mol. The fourth-order valence-electron chi connectivity index (χ4n) is 0.625. The Morgan fingerprint density at radius 3 is 2.83 bits per heavy atom. The summed E-state index contributed by atoms with van der Waals surface area (Å²) >= 11 is 7.69. The van der Waals surface area contributed by atoms with Gasteiger partial charge in [0.2, 0.25) is 0 Å². The number of hydrogen-bond donors (Lipinski definition) is 0. The van der Waals surface area contributed by atoms with Crippen LogP contribution >= 0.6 is 34.2 Å². The Labute approximate surface area is 92.1 Å². The van der Waals surface area contributed by atoms with Gasteiger partial charge in [0.25, 0.3) is 0 Å². The lowest BCUT2D eigenvalue weighted by molar-refractivity contribution is -0.143. The molecule has 2 nitrogen and oxygen atoms in total. The number of halogens is 2. The Bertz CT molecular complexity index is 130. The van der Waals surface area contributed by atoms with E-state index < -0.39 is 0 Å². The van der Waals surface area contributed by atoms with E-state index in [1.54, 1.807) is 0 Å². The van der Waals surface area contributed by atoms with Crippen molar-refractivity contribution >= 4 is 40.2 Å². The minimum absolute atomic E-state index is 0.136. The van der Waals surface area contributed by atoms with Crippen molar-refractivity contribution in [2.45, 2.75) is 30.1 Å². The van der Waals surface area contributed by atoms with E-state index in [0.29, 0.717) is 18.9 Å². The van der Waals surface area contributed by atoms with Crippen LogP contribution in [-0.4, -0.2) is 22.4 Å². The minimum atomic E-state index is -0.136. The van der Waals surface area contributed by atoms with Crippen LogP contribution in [0.25, 0.3) is 0 Å². The van der Waals surface area contributed by atoms with Gasteiger partial charge in [0.05, 0.1) is 13.0 Å². The second-order valence-electron chi connectivity index (χ2n) is 2.53. The molecule has 0 aromatic rings. The normalized spacial score (nSPS) is 12.6. The summed E-state index contributed by atoms with van der Waals surface area (Å²) in [5.74, 6) is 0.368. The highest BCUT2D eigenvalue weighted by Crippen LogP contribution is 2.08. The maximum atomic E-state index is 11.0. The number of rotatable bonds is 6. The second-order valence-corrected chi connectivity index (χ2v) is 4.60. The number of alkyl halides is 2. The molecule has 4 heteroatoms. The van der Waals surface area contributed by atoms with Crippen molar-refractivity contribution < 1.29 is 9.53 Å². The number of carbonyl (C=O) groups is 1. The molecule has 0 N–H and O–H groups in total. The molecule has 0 saturated heterocycles. The lowest BCUT2D eigenvalue weighted by Crippen LogP contribution is -2.12. The number of unbranched alkanes of at least 4 members (excludes halogenated alkanes) is 1. The number of ether oxygens (including phenoxy) is 1. The van der Waals surface area contributed by atoms with Crippen molar-refractivity contribution in [1.82, 2.24) is 0 Å². The maximum absolute atomic E-state index is 11.0. The summed E-state index contributed by atoms with van der Waals surface area (Å²) in [6, 6.07) is 0. The molecule has 0 fully saturated rings. The summed E-state index contributed by atoms with van der Waals surface area (Å²) < 4.78 is 5.15. The van der Waals surface area contributed by atoms with Gasteiger partial charge in [-0.25, -0.2) is 0 Å². The van der Waals surface area contributed by atoms with Crippen LogP contribution in [0, 0.1) is 0 Å². The third kappa shape index (κ3) is 7.16. The largest absolute Gasteiger partial charge is 0.466 e. The Balaban J connectivity index is 3.33. The number of esters is 1. The van der Waals surface area contributed by atoms with Crippen LogP contribution < -0.4 is 0 Å². The first-order chi connectivity index (χ1) is 5.70. The van der Waals surface area contributed by atoms with Crippen LogP contribution in [0.15, 0.2) is 0 Å². The predicted octanol–water partition coefficient (Wildman–Crippen LogP) is 2.76. The van der Waals surface area contributed by atoms with E-state index in [0.717, 1.165) is 12.8 Å². The Morgan fingerprint density at radius 2 is 2.33 bits per heavy atom. The molecule has 0 aliphatic heterocycles. The summed E-state index contributed by atoms with van der Waals surface area (Å²) in [6.07, 6.45) is 2.42. The average molecular weight is 305 g/mol. The summed E-state index contributed by atoms with van der Waals surface area (Å²) in [5, 5.41) is 0. The molecular formula is C8H14ClIO2. The molecule has 0 rings (SSSR count). The van der Waals surface area contributed by atoms with Crippen molar-refractivity contribution in [3.05, 3.63) is 0 Å². The topological polar surface area (TPSA) is 26.3 Å². The Kier molecular flexibility index (Phi) is 8.44. The molecule has 1 atom stereocenters. The molecular weight excluding hydrogens is 290 g/mol. The lowest BCUT2D eigenvalue weighted by Gasteiger charge is -2.05. The summed E-state index contributed by atoms with van der Waals surface area (Å²) in [5.41, 5.74) is 0. The highest BCUT2D eigenvalue weighted by molar-refractivity contribution is 14.1. The van der Waals surface area contributed by atoms with Gasteiger partial charge >= 0.3 is 5.97 Å². The molecule has 0 aromatic carbocycles. The molecule has 0 saturated carbocycles. The van der Waals surface area contributed by atoms with Crippen LogP contribution in [0.1, 0.15) is 26.2 Å². The molecule has 0 bridgehead atoms. The number of hydrogen-bond acceptors (Lipinski definition) is 2. The average Bonchev–Trinajstić information content (AvgIpc) is 2.05. The van der Waals surface area contributed by atoms with E-state index in [4.69, 9.17) is 16.3 Å². The Hall–Kier alpha value is 0.490. The first-order valence-corrected chi connectivity index (χ1v) is 5.84. The van der Waals surface area contributed by atoms with Gasteiger partial charge in [-0.3, -0.25) is 4.79 Å². The Morgan fingerprint density at radius 1 is 1.67 bits per heavy atom. The van der Waals surface area contributed by atoms with E-state index in [-0.39, 0.29) is 9.89 Å².